The van der Waals surface area contributed by atoms with E-state index in [0.717, 1.165) is 11.3 Å². The summed E-state index contributed by atoms with van der Waals surface area (Å²) in [5.41, 5.74) is 0.863. The Labute approximate surface area is 67.0 Å². The summed E-state index contributed by atoms with van der Waals surface area (Å²) in [7, 11) is 2.05. The summed E-state index contributed by atoms with van der Waals surface area (Å²) in [5, 5.41) is 3.22. The van der Waals surface area contributed by atoms with Crippen LogP contribution in [0, 0.1) is 11.3 Å². The Bertz CT molecular complexity index is 131. The molecule has 1 aliphatic carbocycles. The first-order valence-electron chi connectivity index (χ1n) is 4.10. The zero-order chi connectivity index (χ0) is 7.03. The molecule has 58 valence electrons. The SMILES string of the molecule is CNCCC1CC12CSC2. The molecule has 0 aromatic heterocycles. The van der Waals surface area contributed by atoms with Crippen LogP contribution in [-0.4, -0.2) is 25.1 Å². The van der Waals surface area contributed by atoms with Crippen LogP contribution in [-0.2, 0) is 0 Å². The van der Waals surface area contributed by atoms with Crippen LogP contribution in [0.2, 0.25) is 0 Å². The van der Waals surface area contributed by atoms with E-state index < -0.39 is 0 Å². The molecular formula is C8H15NS. The molecule has 0 amide bonds. The fourth-order valence-corrected chi connectivity index (χ4v) is 3.31. The molecule has 1 atom stereocenters. The standard InChI is InChI=1S/C8H15NS/c1-9-3-2-7-4-8(7)5-10-6-8/h7,9H,2-6H2,1H3. The Kier molecular flexibility index (Phi) is 1.69. The monoisotopic (exact) mass is 157 g/mol. The minimum Gasteiger partial charge on any atom is -0.320 e. The lowest BCUT2D eigenvalue weighted by Crippen LogP contribution is -2.23. The zero-order valence-electron chi connectivity index (χ0n) is 6.52. The molecule has 2 fully saturated rings. The molecule has 0 bridgehead atoms. The van der Waals surface area contributed by atoms with Gasteiger partial charge in [-0.25, -0.2) is 0 Å². The van der Waals surface area contributed by atoms with Gasteiger partial charge in [0.15, 0.2) is 0 Å². The summed E-state index contributed by atoms with van der Waals surface area (Å²) in [6.07, 6.45) is 2.94. The van der Waals surface area contributed by atoms with Crippen molar-refractivity contribution in [2.24, 2.45) is 11.3 Å². The lowest BCUT2D eigenvalue weighted by atomic mass is 10.1. The highest BCUT2D eigenvalue weighted by Crippen LogP contribution is 2.63. The molecular weight excluding hydrogens is 142 g/mol. The third-order valence-electron chi connectivity index (χ3n) is 2.88. The minimum atomic E-state index is 0.863. The van der Waals surface area contributed by atoms with E-state index in [-0.39, 0.29) is 0 Å². The number of hydrogen-bond acceptors (Lipinski definition) is 2. The number of rotatable bonds is 3. The lowest BCUT2D eigenvalue weighted by molar-refractivity contribution is 0.517. The maximum Gasteiger partial charge on any atom is 0.00000906 e. The molecule has 1 heterocycles. The van der Waals surface area contributed by atoms with Crippen molar-refractivity contribution in [2.75, 3.05) is 25.1 Å². The molecule has 1 saturated carbocycles. The Balaban J connectivity index is 1.69. The van der Waals surface area contributed by atoms with Crippen molar-refractivity contribution in [2.45, 2.75) is 12.8 Å². The minimum absolute atomic E-state index is 0.863. The van der Waals surface area contributed by atoms with Crippen molar-refractivity contribution < 1.29 is 0 Å². The van der Waals surface area contributed by atoms with E-state index in [1.165, 1.54) is 30.9 Å². The number of hydrogen-bond donors (Lipinski definition) is 1. The highest BCUT2D eigenvalue weighted by molar-refractivity contribution is 8.00. The van der Waals surface area contributed by atoms with Gasteiger partial charge in [0.05, 0.1) is 0 Å². The predicted octanol–water partition coefficient (Wildman–Crippen LogP) is 1.35. The molecule has 10 heavy (non-hydrogen) atoms. The van der Waals surface area contributed by atoms with Gasteiger partial charge in [0, 0.05) is 11.5 Å². The molecule has 1 spiro atoms. The van der Waals surface area contributed by atoms with Crippen molar-refractivity contribution in [3.8, 4) is 0 Å². The number of nitrogens with one attached hydrogen (secondary N) is 1. The molecule has 0 aromatic rings. The topological polar surface area (TPSA) is 12.0 Å². The first kappa shape index (κ1) is 6.99. The van der Waals surface area contributed by atoms with Crippen molar-refractivity contribution in [1.29, 1.82) is 0 Å². The molecule has 1 aliphatic heterocycles. The fourth-order valence-electron chi connectivity index (χ4n) is 1.88. The van der Waals surface area contributed by atoms with Gasteiger partial charge in [-0.05, 0) is 37.8 Å². The summed E-state index contributed by atoms with van der Waals surface area (Å²) in [6.45, 7) is 1.22. The first-order valence-corrected chi connectivity index (χ1v) is 5.25. The van der Waals surface area contributed by atoms with Gasteiger partial charge >= 0.3 is 0 Å². The molecule has 0 radical (unpaired) electrons. The van der Waals surface area contributed by atoms with Crippen LogP contribution in [0.3, 0.4) is 0 Å². The zero-order valence-corrected chi connectivity index (χ0v) is 7.34. The second kappa shape index (κ2) is 2.42. The Morgan fingerprint density at radius 1 is 1.60 bits per heavy atom. The van der Waals surface area contributed by atoms with Crippen LogP contribution >= 0.6 is 11.8 Å². The maximum absolute atomic E-state index is 3.22. The van der Waals surface area contributed by atoms with E-state index in [1.807, 2.05) is 7.05 Å². The van der Waals surface area contributed by atoms with Crippen molar-refractivity contribution >= 4 is 11.8 Å². The summed E-state index contributed by atoms with van der Waals surface area (Å²) < 4.78 is 0. The highest BCUT2D eigenvalue weighted by atomic mass is 32.2. The van der Waals surface area contributed by atoms with Gasteiger partial charge in [0.1, 0.15) is 0 Å². The second-order valence-electron chi connectivity index (χ2n) is 3.65. The average molecular weight is 157 g/mol. The molecule has 1 saturated heterocycles. The Morgan fingerprint density at radius 2 is 2.40 bits per heavy atom. The lowest BCUT2D eigenvalue weighted by Gasteiger charge is -2.26. The molecule has 0 aromatic carbocycles. The Hall–Kier alpha value is 0.310. The summed E-state index contributed by atoms with van der Waals surface area (Å²) >= 11 is 2.12. The third kappa shape index (κ3) is 0.978. The quantitative estimate of drug-likeness (QED) is 0.663. The van der Waals surface area contributed by atoms with Crippen molar-refractivity contribution in [1.82, 2.24) is 5.32 Å². The van der Waals surface area contributed by atoms with Crippen molar-refractivity contribution in [3.05, 3.63) is 0 Å². The summed E-state index contributed by atoms with van der Waals surface area (Å²) in [4.78, 5) is 0. The van der Waals surface area contributed by atoms with Gasteiger partial charge in [0.2, 0.25) is 0 Å². The summed E-state index contributed by atoms with van der Waals surface area (Å²) in [5.74, 6) is 4.00. The van der Waals surface area contributed by atoms with Crippen LogP contribution in [0.5, 0.6) is 0 Å². The van der Waals surface area contributed by atoms with Gasteiger partial charge in [-0.1, -0.05) is 0 Å². The predicted molar refractivity (Wildman–Crippen MR) is 46.4 cm³/mol. The van der Waals surface area contributed by atoms with Gasteiger partial charge in [-0.2, -0.15) is 11.8 Å². The van der Waals surface area contributed by atoms with Crippen LogP contribution in [0.1, 0.15) is 12.8 Å². The van der Waals surface area contributed by atoms with E-state index in [2.05, 4.69) is 17.1 Å². The van der Waals surface area contributed by atoms with E-state index in [1.54, 1.807) is 0 Å². The van der Waals surface area contributed by atoms with Crippen LogP contribution < -0.4 is 5.32 Å². The average Bonchev–Trinajstić information content (AvgIpc) is 2.56. The second-order valence-corrected chi connectivity index (χ2v) is 4.63. The molecule has 2 heteroatoms. The highest BCUT2D eigenvalue weighted by Gasteiger charge is 2.57. The third-order valence-corrected chi connectivity index (χ3v) is 4.44. The van der Waals surface area contributed by atoms with E-state index in [0.29, 0.717) is 0 Å². The fraction of sp³-hybridized carbons (Fsp3) is 1.00. The van der Waals surface area contributed by atoms with Gasteiger partial charge < -0.3 is 5.32 Å². The van der Waals surface area contributed by atoms with Crippen LogP contribution in [0.15, 0.2) is 0 Å². The van der Waals surface area contributed by atoms with E-state index in [4.69, 9.17) is 0 Å². The molecule has 1 unspecified atom stereocenters. The normalized spacial score (nSPS) is 33.9. The van der Waals surface area contributed by atoms with Crippen LogP contribution in [0.4, 0.5) is 0 Å². The van der Waals surface area contributed by atoms with Crippen LogP contribution in [0.25, 0.3) is 0 Å². The molecule has 1 N–H and O–H groups in total. The maximum atomic E-state index is 3.22. The van der Waals surface area contributed by atoms with E-state index in [9.17, 15) is 0 Å². The van der Waals surface area contributed by atoms with Crippen molar-refractivity contribution in [3.63, 3.8) is 0 Å². The molecule has 2 aliphatic rings. The molecule has 2 rings (SSSR count). The largest absolute Gasteiger partial charge is 0.320 e. The first-order chi connectivity index (χ1) is 4.87. The summed E-state index contributed by atoms with van der Waals surface area (Å²) in [6, 6.07) is 0. The number of thioether (sulfide) groups is 1. The van der Waals surface area contributed by atoms with E-state index >= 15 is 0 Å². The van der Waals surface area contributed by atoms with Gasteiger partial charge in [-0.3, -0.25) is 0 Å². The smallest absolute Gasteiger partial charge is 0.00000906 e. The van der Waals surface area contributed by atoms with Gasteiger partial charge in [-0.15, -0.1) is 0 Å². The molecule has 1 nitrogen and oxygen atoms in total. The van der Waals surface area contributed by atoms with Gasteiger partial charge in [0.25, 0.3) is 0 Å². The Morgan fingerprint density at radius 3 is 2.80 bits per heavy atom.